The van der Waals surface area contributed by atoms with E-state index < -0.39 is 5.97 Å². The lowest BCUT2D eigenvalue weighted by Crippen LogP contribution is -2.20. The zero-order valence-corrected chi connectivity index (χ0v) is 11.7. The van der Waals surface area contributed by atoms with E-state index >= 15 is 0 Å². The smallest absolute Gasteiger partial charge is 0.358 e. The van der Waals surface area contributed by atoms with E-state index in [1.807, 2.05) is 6.07 Å². The first kappa shape index (κ1) is 12.9. The molecular weight excluding hydrogens is 264 g/mol. The summed E-state index contributed by atoms with van der Waals surface area (Å²) in [6.45, 7) is 3.19. The monoisotopic (exact) mass is 280 g/mol. The normalized spacial score (nSPS) is 20.7. The van der Waals surface area contributed by atoms with Gasteiger partial charge in [0.25, 0.3) is 0 Å². The van der Waals surface area contributed by atoms with Crippen LogP contribution in [-0.2, 0) is 11.3 Å². The molecule has 1 spiro atoms. The molecule has 0 atom stereocenters. The van der Waals surface area contributed by atoms with Crippen molar-refractivity contribution in [2.45, 2.75) is 25.8 Å². The molecule has 0 bridgehead atoms. The molecule has 3 rings (SSSR count). The predicted octanol–water partition coefficient (Wildman–Crippen LogP) is 2.51. The molecule has 102 valence electrons. The number of hydrogen-bond donors (Lipinski definition) is 0. The Hall–Kier alpha value is -1.13. The molecule has 1 aliphatic carbocycles. The van der Waals surface area contributed by atoms with Gasteiger partial charge in [-0.25, -0.2) is 9.78 Å². The zero-order valence-electron chi connectivity index (χ0n) is 11.0. The SMILES string of the molecule is COC(=O)c1ncc(CN2CCC3(CC3)C2)cc1Cl. The molecule has 2 fully saturated rings. The minimum absolute atomic E-state index is 0.188. The Morgan fingerprint density at radius 1 is 1.53 bits per heavy atom. The highest BCUT2D eigenvalue weighted by molar-refractivity contribution is 6.33. The number of ether oxygens (including phenoxy) is 1. The van der Waals surface area contributed by atoms with Gasteiger partial charge in [-0.3, -0.25) is 4.90 Å². The molecule has 0 unspecified atom stereocenters. The van der Waals surface area contributed by atoms with E-state index in [4.69, 9.17) is 11.6 Å². The molecule has 5 heteroatoms. The second-order valence-electron chi connectivity index (χ2n) is 5.63. The first-order chi connectivity index (χ1) is 9.12. The Morgan fingerprint density at radius 2 is 2.32 bits per heavy atom. The summed E-state index contributed by atoms with van der Waals surface area (Å²) in [5.41, 5.74) is 1.87. The van der Waals surface area contributed by atoms with Crippen LogP contribution in [0.4, 0.5) is 0 Å². The first-order valence-corrected chi connectivity index (χ1v) is 6.95. The highest BCUT2D eigenvalue weighted by atomic mass is 35.5. The molecule has 1 aromatic rings. The van der Waals surface area contributed by atoms with Gasteiger partial charge in [-0.2, -0.15) is 0 Å². The molecule has 1 saturated heterocycles. The Bertz CT molecular complexity index is 514. The lowest BCUT2D eigenvalue weighted by atomic mass is 10.1. The van der Waals surface area contributed by atoms with E-state index in [1.54, 1.807) is 6.20 Å². The fourth-order valence-corrected chi connectivity index (χ4v) is 3.08. The van der Waals surface area contributed by atoms with Gasteiger partial charge < -0.3 is 4.74 Å². The molecule has 0 radical (unpaired) electrons. The van der Waals surface area contributed by atoms with E-state index in [1.165, 1.54) is 32.9 Å². The second-order valence-corrected chi connectivity index (χ2v) is 6.03. The average molecular weight is 281 g/mol. The number of carbonyl (C=O) groups is 1. The quantitative estimate of drug-likeness (QED) is 0.798. The van der Waals surface area contributed by atoms with Gasteiger partial charge in [0, 0.05) is 19.3 Å². The molecular formula is C14H17ClN2O2. The van der Waals surface area contributed by atoms with Crippen molar-refractivity contribution < 1.29 is 9.53 Å². The van der Waals surface area contributed by atoms with E-state index in [0.29, 0.717) is 10.4 Å². The van der Waals surface area contributed by atoms with Crippen molar-refractivity contribution in [3.8, 4) is 0 Å². The third-order valence-electron chi connectivity index (χ3n) is 4.16. The third-order valence-corrected chi connectivity index (χ3v) is 4.45. The summed E-state index contributed by atoms with van der Waals surface area (Å²) < 4.78 is 4.63. The van der Waals surface area contributed by atoms with E-state index in [9.17, 15) is 4.79 Å². The molecule has 4 nitrogen and oxygen atoms in total. The number of esters is 1. The van der Waals surface area contributed by atoms with Crippen molar-refractivity contribution in [2.75, 3.05) is 20.2 Å². The third kappa shape index (κ3) is 2.60. The van der Waals surface area contributed by atoms with Gasteiger partial charge >= 0.3 is 5.97 Å². The minimum atomic E-state index is -0.491. The minimum Gasteiger partial charge on any atom is -0.464 e. The van der Waals surface area contributed by atoms with Crippen LogP contribution in [0.2, 0.25) is 5.02 Å². The van der Waals surface area contributed by atoms with Crippen molar-refractivity contribution in [2.24, 2.45) is 5.41 Å². The summed E-state index contributed by atoms with van der Waals surface area (Å²) in [4.78, 5) is 18.0. The lowest BCUT2D eigenvalue weighted by Gasteiger charge is -2.16. The van der Waals surface area contributed by atoms with Gasteiger partial charge in [-0.1, -0.05) is 11.6 Å². The predicted molar refractivity (Wildman–Crippen MR) is 72.1 cm³/mol. The maximum Gasteiger partial charge on any atom is 0.358 e. The molecule has 0 aromatic carbocycles. The summed E-state index contributed by atoms with van der Waals surface area (Å²) in [5, 5.41) is 0.365. The largest absolute Gasteiger partial charge is 0.464 e. The Kier molecular flexibility index (Phi) is 3.23. The number of pyridine rings is 1. The molecule has 0 N–H and O–H groups in total. The molecule has 19 heavy (non-hydrogen) atoms. The van der Waals surface area contributed by atoms with Gasteiger partial charge in [0.15, 0.2) is 5.69 Å². The summed E-state index contributed by atoms with van der Waals surface area (Å²) >= 11 is 6.08. The summed E-state index contributed by atoms with van der Waals surface area (Å²) in [5.74, 6) is -0.491. The fourth-order valence-electron chi connectivity index (χ4n) is 2.82. The van der Waals surface area contributed by atoms with Crippen molar-refractivity contribution in [1.29, 1.82) is 0 Å². The average Bonchev–Trinajstić information content (AvgIpc) is 3.03. The van der Waals surface area contributed by atoms with Crippen LogP contribution < -0.4 is 0 Å². The van der Waals surface area contributed by atoms with Crippen LogP contribution in [0.5, 0.6) is 0 Å². The standard InChI is InChI=1S/C14H17ClN2O2/c1-19-13(18)12-11(15)6-10(7-16-12)8-17-5-4-14(9-17)2-3-14/h6-7H,2-5,8-9H2,1H3. The number of methoxy groups -OCH3 is 1. The Morgan fingerprint density at radius 3 is 2.89 bits per heavy atom. The number of carbonyl (C=O) groups excluding carboxylic acids is 1. The van der Waals surface area contributed by atoms with Gasteiger partial charge in [-0.15, -0.1) is 0 Å². The van der Waals surface area contributed by atoms with E-state index in [0.717, 1.165) is 18.7 Å². The van der Waals surface area contributed by atoms with E-state index in [2.05, 4.69) is 14.6 Å². The van der Waals surface area contributed by atoms with Crippen LogP contribution in [0.15, 0.2) is 12.3 Å². The van der Waals surface area contributed by atoms with Crippen LogP contribution in [0.1, 0.15) is 35.3 Å². The number of likely N-dealkylation sites (tertiary alicyclic amines) is 1. The van der Waals surface area contributed by atoms with E-state index in [-0.39, 0.29) is 5.69 Å². The van der Waals surface area contributed by atoms with Gasteiger partial charge in [0.1, 0.15) is 0 Å². The van der Waals surface area contributed by atoms with Crippen LogP contribution in [0.3, 0.4) is 0 Å². The summed E-state index contributed by atoms with van der Waals surface area (Å²) in [7, 11) is 1.33. The maximum absolute atomic E-state index is 11.4. The maximum atomic E-state index is 11.4. The highest BCUT2D eigenvalue weighted by Gasteiger charge is 2.47. The summed E-state index contributed by atoms with van der Waals surface area (Å²) in [6, 6.07) is 1.82. The number of halogens is 1. The van der Waals surface area contributed by atoms with Crippen LogP contribution in [0.25, 0.3) is 0 Å². The topological polar surface area (TPSA) is 42.4 Å². The van der Waals surface area contributed by atoms with Crippen LogP contribution in [0, 0.1) is 5.41 Å². The van der Waals surface area contributed by atoms with Crippen LogP contribution >= 0.6 is 11.6 Å². The van der Waals surface area contributed by atoms with Crippen LogP contribution in [-0.4, -0.2) is 36.1 Å². The van der Waals surface area contributed by atoms with Gasteiger partial charge in [0.2, 0.25) is 0 Å². The van der Waals surface area contributed by atoms with Crippen molar-refractivity contribution >= 4 is 17.6 Å². The van der Waals surface area contributed by atoms with Crippen molar-refractivity contribution in [3.05, 3.63) is 28.5 Å². The molecule has 2 aliphatic rings. The van der Waals surface area contributed by atoms with Gasteiger partial charge in [-0.05, 0) is 42.9 Å². The zero-order chi connectivity index (χ0) is 13.5. The number of rotatable bonds is 3. The molecule has 1 saturated carbocycles. The Labute approximate surface area is 117 Å². The molecule has 0 amide bonds. The molecule has 1 aliphatic heterocycles. The number of aromatic nitrogens is 1. The summed E-state index contributed by atoms with van der Waals surface area (Å²) in [6.07, 6.45) is 5.79. The van der Waals surface area contributed by atoms with Gasteiger partial charge in [0.05, 0.1) is 12.1 Å². The van der Waals surface area contributed by atoms with Crippen molar-refractivity contribution in [3.63, 3.8) is 0 Å². The Balaban J connectivity index is 1.68. The molecule has 1 aromatic heterocycles. The number of nitrogens with zero attached hydrogens (tertiary/aromatic N) is 2. The second kappa shape index (κ2) is 4.76. The highest BCUT2D eigenvalue weighted by Crippen LogP contribution is 2.52. The first-order valence-electron chi connectivity index (χ1n) is 6.57. The number of hydrogen-bond acceptors (Lipinski definition) is 4. The van der Waals surface area contributed by atoms with Crippen molar-refractivity contribution in [1.82, 2.24) is 9.88 Å². The fraction of sp³-hybridized carbons (Fsp3) is 0.571. The lowest BCUT2D eigenvalue weighted by molar-refractivity contribution is 0.0594. The molecule has 2 heterocycles.